The Morgan fingerprint density at radius 3 is 2.66 bits per heavy atom. The van der Waals surface area contributed by atoms with Crippen LogP contribution in [0.25, 0.3) is 0 Å². The summed E-state index contributed by atoms with van der Waals surface area (Å²) in [6.45, 7) is 4.68. The Hall–Kier alpha value is -2.63. The minimum absolute atomic E-state index is 0.0837. The molecule has 0 amide bonds. The van der Waals surface area contributed by atoms with Gasteiger partial charge in [0.1, 0.15) is 5.75 Å². The van der Waals surface area contributed by atoms with Crippen LogP contribution in [0.3, 0.4) is 0 Å². The zero-order chi connectivity index (χ0) is 20.8. The second kappa shape index (κ2) is 9.72. The van der Waals surface area contributed by atoms with Gasteiger partial charge in [-0.1, -0.05) is 6.92 Å². The van der Waals surface area contributed by atoms with Crippen molar-refractivity contribution in [2.45, 2.75) is 57.8 Å². The maximum absolute atomic E-state index is 10.9. The molecule has 6 heteroatoms. The zero-order valence-corrected chi connectivity index (χ0v) is 17.4. The molecule has 0 spiro atoms. The largest absolute Gasteiger partial charge is 0.492 e. The molecule has 0 bridgehead atoms. The summed E-state index contributed by atoms with van der Waals surface area (Å²) >= 11 is 0. The lowest BCUT2D eigenvalue weighted by atomic mass is 9.78. The minimum atomic E-state index is -0.803. The van der Waals surface area contributed by atoms with E-state index in [1.54, 1.807) is 19.5 Å². The van der Waals surface area contributed by atoms with E-state index in [1.807, 2.05) is 19.2 Å². The van der Waals surface area contributed by atoms with Gasteiger partial charge in [-0.3, -0.25) is 9.78 Å². The van der Waals surface area contributed by atoms with E-state index in [0.29, 0.717) is 24.3 Å². The van der Waals surface area contributed by atoms with Crippen LogP contribution in [0.15, 0.2) is 30.7 Å². The molecule has 1 aliphatic carbocycles. The van der Waals surface area contributed by atoms with Crippen molar-refractivity contribution in [1.29, 1.82) is 0 Å². The van der Waals surface area contributed by atoms with Gasteiger partial charge in [0.25, 0.3) is 0 Å². The number of carboxylic acid groups (broad SMARTS) is 1. The first-order valence-electron chi connectivity index (χ1n) is 10.3. The standard InChI is InChI=1S/C23H30N2O4/c1-15(8-23(26)27)19-9-20(13-24-12-19)29-14-17-4-6-18(7-5-17)21-10-22(28-3)25-11-16(21)2/h9-13,15,17-18H,4-8,14H2,1-3H3,(H,26,27). The Bertz CT molecular complexity index is 831. The van der Waals surface area contributed by atoms with Crippen LogP contribution in [0.2, 0.25) is 0 Å². The quantitative estimate of drug-likeness (QED) is 0.693. The lowest BCUT2D eigenvalue weighted by Crippen LogP contribution is -2.20. The van der Waals surface area contributed by atoms with E-state index in [0.717, 1.165) is 37.0 Å². The number of hydrogen-bond acceptors (Lipinski definition) is 5. The number of methoxy groups -OCH3 is 1. The van der Waals surface area contributed by atoms with Crippen LogP contribution in [0.5, 0.6) is 11.6 Å². The molecule has 1 fully saturated rings. The Kier molecular flexibility index (Phi) is 7.07. The maximum Gasteiger partial charge on any atom is 0.303 e. The number of pyridine rings is 2. The molecule has 1 aliphatic rings. The third kappa shape index (κ3) is 5.68. The van der Waals surface area contributed by atoms with Gasteiger partial charge in [-0.2, -0.15) is 0 Å². The first-order valence-corrected chi connectivity index (χ1v) is 10.3. The van der Waals surface area contributed by atoms with Gasteiger partial charge in [0.05, 0.1) is 26.3 Å². The first kappa shape index (κ1) is 21.1. The Morgan fingerprint density at radius 1 is 1.21 bits per heavy atom. The predicted molar refractivity (Wildman–Crippen MR) is 111 cm³/mol. The van der Waals surface area contributed by atoms with E-state index in [2.05, 4.69) is 23.0 Å². The number of aliphatic carboxylic acids is 1. The van der Waals surface area contributed by atoms with E-state index < -0.39 is 5.97 Å². The minimum Gasteiger partial charge on any atom is -0.492 e. The summed E-state index contributed by atoms with van der Waals surface area (Å²) in [5.41, 5.74) is 3.47. The van der Waals surface area contributed by atoms with Crippen LogP contribution in [0, 0.1) is 12.8 Å². The van der Waals surface area contributed by atoms with Crippen molar-refractivity contribution in [2.75, 3.05) is 13.7 Å². The SMILES string of the molecule is COc1cc(C2CCC(COc3cncc(C(C)CC(=O)O)c3)CC2)c(C)cn1. The van der Waals surface area contributed by atoms with E-state index in [-0.39, 0.29) is 12.3 Å². The third-order valence-electron chi connectivity index (χ3n) is 5.89. The smallest absolute Gasteiger partial charge is 0.303 e. The Balaban J connectivity index is 1.52. The topological polar surface area (TPSA) is 81.5 Å². The number of nitrogens with zero attached hydrogens (tertiary/aromatic N) is 2. The predicted octanol–water partition coefficient (Wildman–Crippen LogP) is 4.72. The van der Waals surface area contributed by atoms with Crippen molar-refractivity contribution in [3.63, 3.8) is 0 Å². The molecule has 2 heterocycles. The highest BCUT2D eigenvalue weighted by molar-refractivity contribution is 5.67. The van der Waals surface area contributed by atoms with Gasteiger partial charge < -0.3 is 14.6 Å². The van der Waals surface area contributed by atoms with Gasteiger partial charge in [-0.15, -0.1) is 0 Å². The molecular formula is C23H30N2O4. The van der Waals surface area contributed by atoms with Crippen LogP contribution >= 0.6 is 0 Å². The van der Waals surface area contributed by atoms with Gasteiger partial charge in [0.15, 0.2) is 0 Å². The summed E-state index contributed by atoms with van der Waals surface area (Å²) in [6, 6.07) is 3.99. The summed E-state index contributed by atoms with van der Waals surface area (Å²) in [6.07, 6.45) is 9.93. The van der Waals surface area contributed by atoms with Crippen molar-refractivity contribution in [1.82, 2.24) is 9.97 Å². The highest BCUT2D eigenvalue weighted by atomic mass is 16.5. The lowest BCUT2D eigenvalue weighted by Gasteiger charge is -2.29. The molecule has 2 aromatic rings. The molecule has 156 valence electrons. The Morgan fingerprint density at radius 2 is 1.97 bits per heavy atom. The summed E-state index contributed by atoms with van der Waals surface area (Å²) < 4.78 is 11.3. The van der Waals surface area contributed by atoms with Crippen LogP contribution in [0.1, 0.15) is 67.6 Å². The van der Waals surface area contributed by atoms with E-state index in [1.165, 1.54) is 11.1 Å². The number of carbonyl (C=O) groups is 1. The normalized spacial score (nSPS) is 20.1. The van der Waals surface area contributed by atoms with Gasteiger partial charge in [-0.05, 0) is 73.1 Å². The molecule has 29 heavy (non-hydrogen) atoms. The van der Waals surface area contributed by atoms with Crippen molar-refractivity contribution in [3.8, 4) is 11.6 Å². The highest BCUT2D eigenvalue weighted by Crippen LogP contribution is 2.38. The average Bonchev–Trinajstić information content (AvgIpc) is 2.73. The molecule has 1 N–H and O–H groups in total. The summed E-state index contributed by atoms with van der Waals surface area (Å²) in [5, 5.41) is 8.98. The maximum atomic E-state index is 10.9. The molecule has 1 unspecified atom stereocenters. The number of aromatic nitrogens is 2. The van der Waals surface area contributed by atoms with Crippen molar-refractivity contribution in [3.05, 3.63) is 47.4 Å². The van der Waals surface area contributed by atoms with Crippen LogP contribution in [-0.2, 0) is 4.79 Å². The summed E-state index contributed by atoms with van der Waals surface area (Å²) in [7, 11) is 1.65. The molecule has 0 aromatic carbocycles. The molecule has 3 rings (SSSR count). The molecule has 0 radical (unpaired) electrons. The summed E-state index contributed by atoms with van der Waals surface area (Å²) in [4.78, 5) is 19.4. The molecule has 1 atom stereocenters. The average molecular weight is 399 g/mol. The zero-order valence-electron chi connectivity index (χ0n) is 17.4. The molecule has 1 saturated carbocycles. The molecule has 0 aliphatic heterocycles. The monoisotopic (exact) mass is 398 g/mol. The van der Waals surface area contributed by atoms with Gasteiger partial charge >= 0.3 is 5.97 Å². The van der Waals surface area contributed by atoms with E-state index in [4.69, 9.17) is 14.6 Å². The van der Waals surface area contributed by atoms with Gasteiger partial charge in [-0.25, -0.2) is 4.98 Å². The third-order valence-corrected chi connectivity index (χ3v) is 5.89. The number of carboxylic acids is 1. The molecular weight excluding hydrogens is 368 g/mol. The van der Waals surface area contributed by atoms with Crippen LogP contribution < -0.4 is 9.47 Å². The molecule has 6 nitrogen and oxygen atoms in total. The van der Waals surface area contributed by atoms with Crippen molar-refractivity contribution >= 4 is 5.97 Å². The number of hydrogen-bond donors (Lipinski definition) is 1. The van der Waals surface area contributed by atoms with Crippen LogP contribution in [-0.4, -0.2) is 34.8 Å². The number of rotatable bonds is 8. The van der Waals surface area contributed by atoms with Crippen molar-refractivity contribution in [2.24, 2.45) is 5.92 Å². The fourth-order valence-electron chi connectivity index (χ4n) is 4.09. The fraction of sp³-hybridized carbons (Fsp3) is 0.522. The second-order valence-corrected chi connectivity index (χ2v) is 8.06. The number of aryl methyl sites for hydroxylation is 1. The van der Waals surface area contributed by atoms with E-state index >= 15 is 0 Å². The number of ether oxygens (including phenoxy) is 2. The fourth-order valence-corrected chi connectivity index (χ4v) is 4.09. The van der Waals surface area contributed by atoms with Crippen molar-refractivity contribution < 1.29 is 19.4 Å². The molecule has 2 aromatic heterocycles. The van der Waals surface area contributed by atoms with Crippen LogP contribution in [0.4, 0.5) is 0 Å². The lowest BCUT2D eigenvalue weighted by molar-refractivity contribution is -0.137. The second-order valence-electron chi connectivity index (χ2n) is 8.06. The van der Waals surface area contributed by atoms with E-state index in [9.17, 15) is 4.79 Å². The van der Waals surface area contributed by atoms with Gasteiger partial charge in [0, 0.05) is 18.5 Å². The highest BCUT2D eigenvalue weighted by Gasteiger charge is 2.24. The summed E-state index contributed by atoms with van der Waals surface area (Å²) in [5.74, 6) is 1.58. The molecule has 0 saturated heterocycles. The van der Waals surface area contributed by atoms with Gasteiger partial charge in [0.2, 0.25) is 5.88 Å². The Labute approximate surface area is 172 Å². The first-order chi connectivity index (χ1) is 14.0.